The summed E-state index contributed by atoms with van der Waals surface area (Å²) in [6.07, 6.45) is 6.32. The molecule has 26 heavy (non-hydrogen) atoms. The van der Waals surface area contributed by atoms with Crippen LogP contribution in [0.15, 0.2) is 29.3 Å². The maximum atomic E-state index is 6.06. The van der Waals surface area contributed by atoms with Crippen molar-refractivity contribution >= 4 is 41.5 Å². The van der Waals surface area contributed by atoms with Crippen LogP contribution in [0.4, 0.5) is 0 Å². The van der Waals surface area contributed by atoms with E-state index in [1.54, 1.807) is 0 Å². The van der Waals surface area contributed by atoms with Crippen LogP contribution in [0.1, 0.15) is 44.6 Å². The van der Waals surface area contributed by atoms with E-state index in [4.69, 9.17) is 16.3 Å². The number of nitrogens with one attached hydrogen (secondary N) is 1. The predicted molar refractivity (Wildman–Crippen MR) is 120 cm³/mol. The number of aliphatic imine (C=N–C) groups is 1. The Bertz CT molecular complexity index is 581. The summed E-state index contributed by atoms with van der Waals surface area (Å²) >= 11 is 6.06. The van der Waals surface area contributed by atoms with Crippen LogP contribution in [0.5, 0.6) is 0 Å². The van der Waals surface area contributed by atoms with E-state index in [1.807, 2.05) is 19.2 Å². The van der Waals surface area contributed by atoms with Crippen LogP contribution in [0.2, 0.25) is 5.02 Å². The monoisotopic (exact) mass is 491 g/mol. The molecule has 0 radical (unpaired) electrons. The first-order valence-electron chi connectivity index (χ1n) is 9.50. The molecule has 1 heterocycles. The molecule has 1 N–H and O–H groups in total. The molecule has 0 bridgehead atoms. The van der Waals surface area contributed by atoms with Gasteiger partial charge in [0.05, 0.1) is 6.10 Å². The topological polar surface area (TPSA) is 36.9 Å². The van der Waals surface area contributed by atoms with Gasteiger partial charge in [0.15, 0.2) is 5.96 Å². The molecule has 4 nitrogen and oxygen atoms in total. The lowest BCUT2D eigenvalue weighted by atomic mass is 9.64. The summed E-state index contributed by atoms with van der Waals surface area (Å²) in [6, 6.07) is 8.37. The summed E-state index contributed by atoms with van der Waals surface area (Å²) < 4.78 is 5.76. The molecule has 3 rings (SSSR count). The zero-order valence-corrected chi connectivity index (χ0v) is 18.9. The zero-order valence-electron chi connectivity index (χ0n) is 15.8. The maximum Gasteiger partial charge on any atom is 0.193 e. The van der Waals surface area contributed by atoms with Gasteiger partial charge in [0, 0.05) is 43.7 Å². The molecule has 146 valence electrons. The second-order valence-corrected chi connectivity index (χ2v) is 7.62. The molecule has 1 aliphatic heterocycles. The second-order valence-electron chi connectivity index (χ2n) is 7.18. The number of ether oxygens (including phenoxy) is 1. The van der Waals surface area contributed by atoms with E-state index in [-0.39, 0.29) is 29.4 Å². The van der Waals surface area contributed by atoms with Gasteiger partial charge in [-0.25, -0.2) is 0 Å². The highest BCUT2D eigenvalue weighted by Gasteiger charge is 2.39. The molecule has 0 spiro atoms. The third-order valence-electron chi connectivity index (χ3n) is 5.71. The van der Waals surface area contributed by atoms with Gasteiger partial charge in [-0.1, -0.05) is 30.2 Å². The minimum atomic E-state index is 0. The summed E-state index contributed by atoms with van der Waals surface area (Å²) in [5.74, 6) is 1.02. The minimum Gasteiger partial charge on any atom is -0.378 e. The number of hydrogen-bond acceptors (Lipinski definition) is 2. The molecule has 1 aromatic carbocycles. The van der Waals surface area contributed by atoms with Crippen molar-refractivity contribution in [2.24, 2.45) is 4.99 Å². The number of hydrogen-bond donors (Lipinski definition) is 1. The number of piperidine rings is 1. The summed E-state index contributed by atoms with van der Waals surface area (Å²) in [5.41, 5.74) is 1.62. The van der Waals surface area contributed by atoms with E-state index in [1.165, 1.54) is 24.8 Å². The Morgan fingerprint density at radius 1 is 1.27 bits per heavy atom. The molecule has 1 aromatic rings. The standard InChI is InChI=1S/C20H30ClN3O.HI/c1-3-25-18-9-13-24(14-10-18)19(22-2)23-15-20(11-4-12-20)16-5-7-17(21)8-6-16;/h5-8,18H,3-4,9-15H2,1-2H3,(H,22,23);1H. The number of halogens is 2. The van der Waals surface area contributed by atoms with Gasteiger partial charge in [0.2, 0.25) is 0 Å². The van der Waals surface area contributed by atoms with Crippen molar-refractivity contribution in [3.8, 4) is 0 Å². The highest BCUT2D eigenvalue weighted by molar-refractivity contribution is 14.0. The minimum absolute atomic E-state index is 0. The van der Waals surface area contributed by atoms with Crippen LogP contribution < -0.4 is 5.32 Å². The van der Waals surface area contributed by atoms with Gasteiger partial charge in [-0.15, -0.1) is 24.0 Å². The first kappa shape index (κ1) is 21.8. The Morgan fingerprint density at radius 3 is 2.42 bits per heavy atom. The van der Waals surface area contributed by atoms with Crippen LogP contribution in [0.3, 0.4) is 0 Å². The summed E-state index contributed by atoms with van der Waals surface area (Å²) in [7, 11) is 1.88. The molecule has 1 saturated carbocycles. The normalized spacial score (nSPS) is 20.3. The third kappa shape index (κ3) is 5.04. The molecule has 0 aromatic heterocycles. The Hall–Kier alpha value is -0.530. The molecule has 0 atom stereocenters. The fourth-order valence-electron chi connectivity index (χ4n) is 4.03. The SMILES string of the molecule is CCOC1CCN(C(=NC)NCC2(c3ccc(Cl)cc3)CCC2)CC1.I. The highest BCUT2D eigenvalue weighted by Crippen LogP contribution is 2.43. The van der Waals surface area contributed by atoms with Gasteiger partial charge in [-0.3, -0.25) is 4.99 Å². The van der Waals surface area contributed by atoms with E-state index in [0.29, 0.717) is 6.10 Å². The number of likely N-dealkylation sites (tertiary alicyclic amines) is 1. The van der Waals surface area contributed by atoms with Crippen molar-refractivity contribution in [3.63, 3.8) is 0 Å². The summed E-state index contributed by atoms with van der Waals surface area (Å²) in [4.78, 5) is 6.89. The van der Waals surface area contributed by atoms with E-state index >= 15 is 0 Å². The molecule has 0 amide bonds. The fourth-order valence-corrected chi connectivity index (χ4v) is 4.15. The fraction of sp³-hybridized carbons (Fsp3) is 0.650. The van der Waals surface area contributed by atoms with Crippen molar-refractivity contribution in [1.29, 1.82) is 0 Å². The number of nitrogens with zero attached hydrogens (tertiary/aromatic N) is 2. The van der Waals surface area contributed by atoms with Crippen LogP contribution in [0.25, 0.3) is 0 Å². The highest BCUT2D eigenvalue weighted by atomic mass is 127. The largest absolute Gasteiger partial charge is 0.378 e. The van der Waals surface area contributed by atoms with Gasteiger partial charge in [-0.2, -0.15) is 0 Å². The Morgan fingerprint density at radius 2 is 1.92 bits per heavy atom. The Kier molecular flexibility index (Phi) is 8.48. The van der Waals surface area contributed by atoms with E-state index in [9.17, 15) is 0 Å². The predicted octanol–water partition coefficient (Wildman–Crippen LogP) is 4.46. The van der Waals surface area contributed by atoms with E-state index in [2.05, 4.69) is 34.3 Å². The van der Waals surface area contributed by atoms with Gasteiger partial charge >= 0.3 is 0 Å². The van der Waals surface area contributed by atoms with Crippen LogP contribution in [-0.4, -0.2) is 50.3 Å². The van der Waals surface area contributed by atoms with Crippen molar-refractivity contribution in [1.82, 2.24) is 10.2 Å². The second kappa shape index (κ2) is 10.1. The molecule has 6 heteroatoms. The zero-order chi connectivity index (χ0) is 17.7. The van der Waals surface area contributed by atoms with Crippen molar-refractivity contribution < 1.29 is 4.74 Å². The van der Waals surface area contributed by atoms with E-state index < -0.39 is 0 Å². The molecule has 0 unspecified atom stereocenters. The van der Waals surface area contributed by atoms with E-state index in [0.717, 1.165) is 50.1 Å². The van der Waals surface area contributed by atoms with Crippen molar-refractivity contribution in [3.05, 3.63) is 34.9 Å². The quantitative estimate of drug-likeness (QED) is 0.375. The average molecular weight is 492 g/mol. The smallest absolute Gasteiger partial charge is 0.193 e. The molecular weight excluding hydrogens is 461 g/mol. The van der Waals surface area contributed by atoms with Crippen LogP contribution in [-0.2, 0) is 10.2 Å². The first-order valence-corrected chi connectivity index (χ1v) is 9.88. The lowest BCUT2D eigenvalue weighted by Crippen LogP contribution is -2.52. The summed E-state index contributed by atoms with van der Waals surface area (Å²) in [6.45, 7) is 5.84. The van der Waals surface area contributed by atoms with Gasteiger partial charge in [0.25, 0.3) is 0 Å². The van der Waals surface area contributed by atoms with Gasteiger partial charge in [-0.05, 0) is 50.3 Å². The molecular formula is C20H31ClIN3O. The number of rotatable bonds is 5. The Balaban J connectivity index is 0.00000243. The maximum absolute atomic E-state index is 6.06. The molecule has 2 aliphatic rings. The van der Waals surface area contributed by atoms with Crippen LogP contribution in [0, 0.1) is 0 Å². The lowest BCUT2D eigenvalue weighted by Gasteiger charge is -2.44. The lowest BCUT2D eigenvalue weighted by molar-refractivity contribution is 0.0262. The molecule has 2 fully saturated rings. The number of guanidine groups is 1. The van der Waals surface area contributed by atoms with Crippen molar-refractivity contribution in [2.45, 2.75) is 50.5 Å². The summed E-state index contributed by atoms with van der Waals surface area (Å²) in [5, 5.41) is 4.45. The van der Waals surface area contributed by atoms with Gasteiger partial charge < -0.3 is 15.0 Å². The average Bonchev–Trinajstić information content (AvgIpc) is 2.60. The van der Waals surface area contributed by atoms with Gasteiger partial charge in [0.1, 0.15) is 0 Å². The third-order valence-corrected chi connectivity index (χ3v) is 5.96. The van der Waals surface area contributed by atoms with Crippen LogP contribution >= 0.6 is 35.6 Å². The molecule has 1 saturated heterocycles. The first-order chi connectivity index (χ1) is 12.2. The molecule has 1 aliphatic carbocycles. The number of benzene rings is 1. The van der Waals surface area contributed by atoms with Crippen molar-refractivity contribution in [2.75, 3.05) is 33.3 Å². The Labute approximate surface area is 179 Å².